The number of nitrogens with one attached hydrogen (secondary N) is 1. The third-order valence-electron chi connectivity index (χ3n) is 6.69. The second kappa shape index (κ2) is 11.8. The van der Waals surface area contributed by atoms with E-state index in [1.165, 1.54) is 37.4 Å². The number of fused-ring (bicyclic) bond motifs is 1. The van der Waals surface area contributed by atoms with Gasteiger partial charge in [-0.15, -0.1) is 0 Å². The number of Topliss-reactive ketones (excluding diaryl/α,β-unsaturated/α-hetero) is 1. The molecular formula is C30H28F4N2O3. The van der Waals surface area contributed by atoms with E-state index in [1.807, 2.05) is 6.92 Å². The molecule has 4 aromatic rings. The summed E-state index contributed by atoms with van der Waals surface area (Å²) in [6, 6.07) is 13.8. The van der Waals surface area contributed by atoms with Crippen LogP contribution in [0.1, 0.15) is 46.2 Å². The zero-order valence-corrected chi connectivity index (χ0v) is 21.6. The highest BCUT2D eigenvalue weighted by molar-refractivity contribution is 6.11. The molecule has 2 heterocycles. The molecular weight excluding hydrogens is 512 g/mol. The highest BCUT2D eigenvalue weighted by Gasteiger charge is 2.34. The van der Waals surface area contributed by atoms with Gasteiger partial charge in [0.15, 0.2) is 5.78 Å². The predicted octanol–water partition coefficient (Wildman–Crippen LogP) is 7.08. The Balaban J connectivity index is 1.87. The number of aryl methyl sites for hydroxylation is 1. The molecule has 2 aromatic carbocycles. The molecule has 0 unspecified atom stereocenters. The smallest absolute Gasteiger partial charge is 0.255 e. The number of amides is 1. The van der Waals surface area contributed by atoms with Crippen LogP contribution in [-0.2, 0) is 6.42 Å². The SMILES string of the molecule is CCCc1nc2oc(-c3ccc(F)cc3)c(C(=O)NC)c2cc1-c1cccc(C(=O)CC(CF)(CF)CF)c1. The van der Waals surface area contributed by atoms with Gasteiger partial charge in [0.2, 0.25) is 5.71 Å². The zero-order valence-electron chi connectivity index (χ0n) is 21.6. The maximum atomic E-state index is 13.5. The first kappa shape index (κ1) is 28.0. The molecule has 9 heteroatoms. The van der Waals surface area contributed by atoms with E-state index in [-0.39, 0.29) is 22.6 Å². The summed E-state index contributed by atoms with van der Waals surface area (Å²) in [5.74, 6) is -1.20. The fourth-order valence-electron chi connectivity index (χ4n) is 4.44. The summed E-state index contributed by atoms with van der Waals surface area (Å²) in [6.45, 7) is -1.88. The van der Waals surface area contributed by atoms with E-state index in [0.717, 1.165) is 6.42 Å². The quantitative estimate of drug-likeness (QED) is 0.163. The van der Waals surface area contributed by atoms with Crippen molar-refractivity contribution < 1.29 is 31.6 Å². The first-order valence-corrected chi connectivity index (χ1v) is 12.6. The highest BCUT2D eigenvalue weighted by Crippen LogP contribution is 2.37. The van der Waals surface area contributed by atoms with Crippen molar-refractivity contribution in [3.63, 3.8) is 0 Å². The van der Waals surface area contributed by atoms with E-state index >= 15 is 0 Å². The molecule has 0 radical (unpaired) electrons. The third kappa shape index (κ3) is 5.57. The topological polar surface area (TPSA) is 72.2 Å². The summed E-state index contributed by atoms with van der Waals surface area (Å²) in [5.41, 5.74) is 1.03. The Morgan fingerprint density at radius 2 is 1.67 bits per heavy atom. The van der Waals surface area contributed by atoms with Crippen molar-refractivity contribution in [2.24, 2.45) is 5.41 Å². The maximum absolute atomic E-state index is 13.5. The molecule has 1 amide bonds. The number of aromatic nitrogens is 1. The molecule has 0 aliphatic carbocycles. The number of benzene rings is 2. The number of alkyl halides is 3. The lowest BCUT2D eigenvalue weighted by molar-refractivity contribution is 0.0725. The predicted molar refractivity (Wildman–Crippen MR) is 142 cm³/mol. The maximum Gasteiger partial charge on any atom is 0.255 e. The second-order valence-electron chi connectivity index (χ2n) is 9.56. The molecule has 4 rings (SSSR count). The van der Waals surface area contributed by atoms with Gasteiger partial charge in [-0.05, 0) is 48.4 Å². The number of furan rings is 1. The Kier molecular flexibility index (Phi) is 8.47. The fraction of sp³-hybridized carbons (Fsp3) is 0.300. The van der Waals surface area contributed by atoms with Crippen LogP contribution in [0.15, 0.2) is 59.0 Å². The van der Waals surface area contributed by atoms with Crippen molar-refractivity contribution in [1.82, 2.24) is 10.3 Å². The minimum absolute atomic E-state index is 0.181. The molecule has 0 aliphatic heterocycles. The van der Waals surface area contributed by atoms with Gasteiger partial charge in [-0.2, -0.15) is 0 Å². The van der Waals surface area contributed by atoms with Gasteiger partial charge in [0.1, 0.15) is 31.6 Å². The average molecular weight is 541 g/mol. The number of halogens is 4. The Hall–Kier alpha value is -4.01. The van der Waals surface area contributed by atoms with Gasteiger partial charge in [-0.1, -0.05) is 31.5 Å². The summed E-state index contributed by atoms with van der Waals surface area (Å²) in [4.78, 5) is 30.6. The molecule has 0 atom stereocenters. The van der Waals surface area contributed by atoms with Crippen LogP contribution in [0.2, 0.25) is 0 Å². The number of ketones is 1. The molecule has 0 saturated carbocycles. The molecule has 0 fully saturated rings. The van der Waals surface area contributed by atoms with E-state index in [2.05, 4.69) is 5.32 Å². The lowest BCUT2D eigenvalue weighted by Gasteiger charge is -2.23. The average Bonchev–Trinajstić information content (AvgIpc) is 3.34. The molecule has 39 heavy (non-hydrogen) atoms. The second-order valence-corrected chi connectivity index (χ2v) is 9.56. The van der Waals surface area contributed by atoms with Gasteiger partial charge < -0.3 is 9.73 Å². The fourth-order valence-corrected chi connectivity index (χ4v) is 4.44. The Labute approximate surface area is 223 Å². The molecule has 1 N–H and O–H groups in total. The Morgan fingerprint density at radius 1 is 0.974 bits per heavy atom. The highest BCUT2D eigenvalue weighted by atomic mass is 19.2. The number of pyridine rings is 1. The first-order valence-electron chi connectivity index (χ1n) is 12.6. The standard InChI is InChI=1S/C30H28F4N2O3/c1-3-5-24-22(19-6-4-7-20(12-19)25(37)14-30(15-31,16-32)17-33)13-23-26(28(38)35-2)27(39-29(23)36-24)18-8-10-21(34)11-9-18/h4,6-13H,3,5,14-17H2,1-2H3,(H,35,38). The van der Waals surface area contributed by atoms with Crippen LogP contribution < -0.4 is 5.32 Å². The third-order valence-corrected chi connectivity index (χ3v) is 6.69. The van der Waals surface area contributed by atoms with Crippen LogP contribution in [-0.4, -0.2) is 43.7 Å². The number of rotatable bonds is 11. The number of nitrogens with zero attached hydrogens (tertiary/aromatic N) is 1. The molecule has 0 spiro atoms. The number of hydrogen-bond acceptors (Lipinski definition) is 4. The lowest BCUT2D eigenvalue weighted by Crippen LogP contribution is -2.31. The molecule has 204 valence electrons. The van der Waals surface area contributed by atoms with Crippen molar-refractivity contribution >= 4 is 22.8 Å². The minimum Gasteiger partial charge on any atom is -0.437 e. The van der Waals surface area contributed by atoms with Crippen molar-refractivity contribution in [1.29, 1.82) is 0 Å². The van der Waals surface area contributed by atoms with Crippen LogP contribution in [0.3, 0.4) is 0 Å². The zero-order chi connectivity index (χ0) is 28.2. The monoisotopic (exact) mass is 540 g/mol. The van der Waals surface area contributed by atoms with Gasteiger partial charge in [0.05, 0.1) is 22.1 Å². The van der Waals surface area contributed by atoms with E-state index in [1.54, 1.807) is 24.3 Å². The van der Waals surface area contributed by atoms with Gasteiger partial charge >= 0.3 is 0 Å². The van der Waals surface area contributed by atoms with Crippen LogP contribution in [0.4, 0.5) is 17.6 Å². The Bertz CT molecular complexity index is 1490. The van der Waals surface area contributed by atoms with Gasteiger partial charge in [0.25, 0.3) is 5.91 Å². The number of hydrogen-bond donors (Lipinski definition) is 1. The van der Waals surface area contributed by atoms with Gasteiger partial charge in [0, 0.05) is 30.2 Å². The summed E-state index contributed by atoms with van der Waals surface area (Å²) >= 11 is 0. The van der Waals surface area contributed by atoms with Gasteiger partial charge in [-0.25, -0.2) is 9.37 Å². The van der Waals surface area contributed by atoms with Crippen LogP contribution in [0, 0.1) is 11.2 Å². The van der Waals surface area contributed by atoms with E-state index in [4.69, 9.17) is 9.40 Å². The normalized spacial score (nSPS) is 11.6. The summed E-state index contributed by atoms with van der Waals surface area (Å²) in [6.07, 6.45) is 0.687. The van der Waals surface area contributed by atoms with Gasteiger partial charge in [-0.3, -0.25) is 22.8 Å². The van der Waals surface area contributed by atoms with Crippen molar-refractivity contribution in [3.05, 3.63) is 77.2 Å². The number of carbonyl (C=O) groups excluding carboxylic acids is 2. The summed E-state index contributed by atoms with van der Waals surface area (Å²) < 4.78 is 59.8. The van der Waals surface area contributed by atoms with E-state index in [9.17, 15) is 27.2 Å². The minimum atomic E-state index is -1.99. The van der Waals surface area contributed by atoms with Crippen LogP contribution in [0.25, 0.3) is 33.6 Å². The molecule has 0 saturated heterocycles. The number of carbonyl (C=O) groups is 2. The van der Waals surface area contributed by atoms with Crippen molar-refractivity contribution in [2.45, 2.75) is 26.2 Å². The molecule has 0 bridgehead atoms. The first-order chi connectivity index (χ1) is 18.8. The van der Waals surface area contributed by atoms with Crippen LogP contribution >= 0.6 is 0 Å². The summed E-state index contributed by atoms with van der Waals surface area (Å²) in [7, 11) is 1.48. The van der Waals surface area contributed by atoms with Crippen LogP contribution in [0.5, 0.6) is 0 Å². The van der Waals surface area contributed by atoms with E-state index < -0.39 is 49.4 Å². The summed E-state index contributed by atoms with van der Waals surface area (Å²) in [5, 5.41) is 3.03. The largest absolute Gasteiger partial charge is 0.437 e. The van der Waals surface area contributed by atoms with Crippen molar-refractivity contribution in [3.8, 4) is 22.5 Å². The Morgan fingerprint density at radius 3 is 2.28 bits per heavy atom. The molecule has 2 aromatic heterocycles. The van der Waals surface area contributed by atoms with E-state index in [0.29, 0.717) is 34.2 Å². The molecule has 0 aliphatic rings. The van der Waals surface area contributed by atoms with Crippen molar-refractivity contribution in [2.75, 3.05) is 27.1 Å². The molecule has 5 nitrogen and oxygen atoms in total. The lowest BCUT2D eigenvalue weighted by atomic mass is 9.84.